The molecule has 0 spiro atoms. The van der Waals surface area contributed by atoms with Crippen molar-refractivity contribution in [2.45, 2.75) is 5.25 Å². The van der Waals surface area contributed by atoms with Crippen molar-refractivity contribution in [3.8, 4) is 0 Å². The molecular formula is C3H7KO5S. The molecule has 0 fully saturated rings. The minimum Gasteiger partial charge on any atom is -0.565 e. The van der Waals surface area contributed by atoms with Crippen LogP contribution in [0, 0.1) is 6.61 Å². The van der Waals surface area contributed by atoms with Gasteiger partial charge in [-0.25, -0.2) is 8.42 Å². The van der Waals surface area contributed by atoms with Gasteiger partial charge in [0.15, 0.2) is 0 Å². The van der Waals surface area contributed by atoms with Crippen LogP contribution in [0.25, 0.3) is 0 Å². The van der Waals surface area contributed by atoms with Crippen molar-refractivity contribution in [2.24, 2.45) is 0 Å². The molecule has 0 aliphatic rings. The minimum absolute atomic E-state index is 0. The number of rotatable bonds is 3. The molecule has 1 unspecified atom stereocenters. The molecule has 10 heavy (non-hydrogen) atoms. The molecule has 0 saturated heterocycles. The second kappa shape index (κ2) is 6.04. The maximum Gasteiger partial charge on any atom is 1.00 e. The molecule has 56 valence electrons. The Balaban J connectivity index is 0. The van der Waals surface area contributed by atoms with E-state index in [4.69, 9.17) is 14.8 Å². The van der Waals surface area contributed by atoms with E-state index in [0.717, 1.165) is 0 Å². The molecule has 3 N–H and O–H groups in total. The van der Waals surface area contributed by atoms with Gasteiger partial charge in [-0.05, 0) is 0 Å². The summed E-state index contributed by atoms with van der Waals surface area (Å²) in [5, 5.41) is 14.6. The van der Waals surface area contributed by atoms with E-state index in [-0.39, 0.29) is 58.0 Å². The molecule has 0 radical (unpaired) electrons. The van der Waals surface area contributed by atoms with Crippen molar-refractivity contribution in [3.05, 3.63) is 6.61 Å². The van der Waals surface area contributed by atoms with Crippen LogP contribution < -0.4 is 51.4 Å². The van der Waals surface area contributed by atoms with Crippen molar-refractivity contribution < 1.29 is 74.6 Å². The van der Waals surface area contributed by atoms with Crippen LogP contribution in [-0.2, 0) is 10.1 Å². The monoisotopic (exact) mass is 194 g/mol. The zero-order valence-electron chi connectivity index (χ0n) is 5.43. The molecule has 7 heteroatoms. The van der Waals surface area contributed by atoms with Gasteiger partial charge in [-0.3, -0.25) is 4.55 Å². The first-order valence-corrected chi connectivity index (χ1v) is 3.57. The summed E-state index contributed by atoms with van der Waals surface area (Å²) in [7, 11) is -4.32. The largest absolute Gasteiger partial charge is 1.00 e. The van der Waals surface area contributed by atoms with Crippen LogP contribution in [0.15, 0.2) is 0 Å². The first kappa shape index (κ1) is 14.0. The predicted molar refractivity (Wildman–Crippen MR) is 28.7 cm³/mol. The van der Waals surface area contributed by atoms with E-state index in [1.54, 1.807) is 0 Å². The fraction of sp³-hybridized carbons (Fsp3) is 0.667. The summed E-state index contributed by atoms with van der Waals surface area (Å²) in [4.78, 5) is 0. The van der Waals surface area contributed by atoms with Crippen molar-refractivity contribution in [2.75, 3.05) is 6.61 Å². The normalized spacial score (nSPS) is 13.9. The third kappa shape index (κ3) is 5.16. The molecule has 0 aromatic rings. The van der Waals surface area contributed by atoms with Crippen molar-refractivity contribution >= 4 is 10.1 Å². The summed E-state index contributed by atoms with van der Waals surface area (Å²) in [6.07, 6.45) is 0. The molecule has 0 aromatic carbocycles. The number of hydrogen-bond acceptors (Lipinski definition) is 4. The van der Waals surface area contributed by atoms with Gasteiger partial charge in [0, 0.05) is 11.9 Å². The molecule has 5 nitrogen and oxygen atoms in total. The SMILES string of the molecule is O=S(=O)(O)C([CH-]O)CO.[K+]. The first-order chi connectivity index (χ1) is 4.02. The van der Waals surface area contributed by atoms with E-state index < -0.39 is 22.0 Å². The van der Waals surface area contributed by atoms with Gasteiger partial charge in [0.05, 0.1) is 0 Å². The average molecular weight is 194 g/mol. The second-order valence-corrected chi connectivity index (χ2v) is 3.02. The van der Waals surface area contributed by atoms with E-state index >= 15 is 0 Å². The fourth-order valence-electron chi connectivity index (χ4n) is 0.218. The van der Waals surface area contributed by atoms with Gasteiger partial charge in [0.1, 0.15) is 0 Å². The quantitative estimate of drug-likeness (QED) is 0.240. The van der Waals surface area contributed by atoms with E-state index in [1.165, 1.54) is 0 Å². The Bertz CT molecular complexity index is 160. The molecule has 1 atom stereocenters. The third-order valence-electron chi connectivity index (χ3n) is 0.729. The maximum absolute atomic E-state index is 10.00. The minimum atomic E-state index is -4.32. The van der Waals surface area contributed by atoms with Crippen LogP contribution >= 0.6 is 0 Å². The van der Waals surface area contributed by atoms with E-state index in [0.29, 0.717) is 0 Å². The third-order valence-corrected chi connectivity index (χ3v) is 1.76. The van der Waals surface area contributed by atoms with Crippen LogP contribution in [0.3, 0.4) is 0 Å². The standard InChI is InChI=1S/C3H7O5S.K/c4-1-3(2-5)9(6,7)8;/h1,3-5H,2H2,(H,6,7,8);/q-1;+1. The summed E-state index contributed by atoms with van der Waals surface area (Å²) >= 11 is 0. The molecule has 0 aliphatic heterocycles. The second-order valence-electron chi connectivity index (χ2n) is 1.39. The fourth-order valence-corrected chi connectivity index (χ4v) is 0.560. The zero-order chi connectivity index (χ0) is 7.49. The summed E-state index contributed by atoms with van der Waals surface area (Å²) < 4.78 is 28.1. The first-order valence-electron chi connectivity index (χ1n) is 2.07. The Labute approximate surface area is 102 Å². The molecule has 0 amide bonds. The van der Waals surface area contributed by atoms with Crippen LogP contribution in [0.5, 0.6) is 0 Å². The number of hydrogen-bond donors (Lipinski definition) is 3. The molecule has 0 aromatic heterocycles. The van der Waals surface area contributed by atoms with Crippen molar-refractivity contribution in [3.63, 3.8) is 0 Å². The summed E-state index contributed by atoms with van der Waals surface area (Å²) in [6, 6.07) is 0. The molecular weight excluding hydrogens is 187 g/mol. The van der Waals surface area contributed by atoms with Gasteiger partial charge in [0.2, 0.25) is 10.1 Å². The van der Waals surface area contributed by atoms with Gasteiger partial charge < -0.3 is 10.2 Å². The van der Waals surface area contributed by atoms with Crippen LogP contribution in [0.1, 0.15) is 0 Å². The molecule has 0 aliphatic carbocycles. The van der Waals surface area contributed by atoms with Gasteiger partial charge in [0.25, 0.3) is 0 Å². The number of aliphatic hydroxyl groups excluding tert-OH is 2. The summed E-state index contributed by atoms with van der Waals surface area (Å²) in [5.74, 6) is 0. The predicted octanol–water partition coefficient (Wildman–Crippen LogP) is -4.23. The Morgan fingerprint density at radius 1 is 1.50 bits per heavy atom. The number of aliphatic hydroxyl groups is 2. The summed E-state index contributed by atoms with van der Waals surface area (Å²) in [5.41, 5.74) is 0. The molecule has 0 saturated carbocycles. The average Bonchev–Trinajstić information content (AvgIpc) is 1.65. The Hall–Kier alpha value is 1.47. The maximum atomic E-state index is 10.00. The molecule has 0 heterocycles. The van der Waals surface area contributed by atoms with Gasteiger partial charge >= 0.3 is 51.4 Å². The van der Waals surface area contributed by atoms with Crippen LogP contribution in [-0.4, -0.2) is 35.0 Å². The zero-order valence-corrected chi connectivity index (χ0v) is 9.37. The van der Waals surface area contributed by atoms with Gasteiger partial charge in [-0.2, -0.15) is 6.61 Å². The van der Waals surface area contributed by atoms with Gasteiger partial charge in [-0.15, -0.1) is 0 Å². The molecule has 0 rings (SSSR count). The van der Waals surface area contributed by atoms with Crippen molar-refractivity contribution in [1.82, 2.24) is 0 Å². The summed E-state index contributed by atoms with van der Waals surface area (Å²) in [6.45, 7) is -0.606. The topological polar surface area (TPSA) is 94.8 Å². The van der Waals surface area contributed by atoms with E-state index in [1.807, 2.05) is 0 Å². The van der Waals surface area contributed by atoms with Crippen LogP contribution in [0.4, 0.5) is 0 Å². The Morgan fingerprint density at radius 3 is 1.90 bits per heavy atom. The molecule has 0 bridgehead atoms. The van der Waals surface area contributed by atoms with Crippen molar-refractivity contribution in [1.29, 1.82) is 0 Å². The van der Waals surface area contributed by atoms with E-state index in [9.17, 15) is 8.42 Å². The Kier molecular flexibility index (Phi) is 8.46. The van der Waals surface area contributed by atoms with Crippen LogP contribution in [0.2, 0.25) is 0 Å². The van der Waals surface area contributed by atoms with Gasteiger partial charge in [-0.1, -0.05) is 0 Å². The Morgan fingerprint density at radius 2 is 1.90 bits per heavy atom. The van der Waals surface area contributed by atoms with E-state index in [2.05, 4.69) is 0 Å². The smallest absolute Gasteiger partial charge is 0.565 e.